The van der Waals surface area contributed by atoms with Gasteiger partial charge in [0.15, 0.2) is 0 Å². The van der Waals surface area contributed by atoms with Crippen molar-refractivity contribution < 1.29 is 13.3 Å². The van der Waals surface area contributed by atoms with Crippen LogP contribution in [0.3, 0.4) is 0 Å². The second-order valence-electron chi connectivity index (χ2n) is 4.15. The van der Waals surface area contributed by atoms with Crippen molar-refractivity contribution in [1.82, 2.24) is 4.98 Å². The summed E-state index contributed by atoms with van der Waals surface area (Å²) in [6.07, 6.45) is 1.15. The van der Waals surface area contributed by atoms with Crippen molar-refractivity contribution in [3.63, 3.8) is 0 Å². The average molecular weight is 308 g/mol. The molecule has 0 aliphatic rings. The van der Waals surface area contributed by atoms with E-state index in [1.54, 1.807) is 0 Å². The molecule has 0 bridgehead atoms. The van der Waals surface area contributed by atoms with Crippen LogP contribution < -0.4 is 10.5 Å². The lowest BCUT2D eigenvalue weighted by Crippen LogP contribution is -2.17. The molecular weight excluding hydrogens is 296 g/mol. The summed E-state index contributed by atoms with van der Waals surface area (Å²) in [4.78, 5) is 13.8. The Balaban J connectivity index is 2.38. The molecular formula is C12H12N4O4S. The number of nitrogens with one attached hydrogen (secondary N) is 1. The number of sulfonamides is 1. The van der Waals surface area contributed by atoms with Crippen LogP contribution in [0, 0.1) is 10.1 Å². The standard InChI is InChI=1S/C12H12N4O4S/c13-21(19,20)12-11(16(17)18)10(6-7-14-12)15-8-9-4-2-1-3-5-9/h1-7H,8H2,(H,14,15)(H2,13,19,20). The molecule has 1 heterocycles. The first kappa shape index (κ1) is 14.9. The van der Waals surface area contributed by atoms with E-state index in [9.17, 15) is 18.5 Å². The Morgan fingerprint density at radius 1 is 1.24 bits per heavy atom. The minimum Gasteiger partial charge on any atom is -0.375 e. The first-order chi connectivity index (χ1) is 9.89. The van der Waals surface area contributed by atoms with Crippen LogP contribution in [0.2, 0.25) is 0 Å². The molecule has 21 heavy (non-hydrogen) atoms. The Bertz CT molecular complexity index is 762. The van der Waals surface area contributed by atoms with Crippen molar-refractivity contribution in [3.8, 4) is 0 Å². The Kier molecular flexibility index (Phi) is 4.15. The molecule has 0 saturated heterocycles. The topological polar surface area (TPSA) is 128 Å². The molecule has 3 N–H and O–H groups in total. The number of primary sulfonamides is 1. The number of nitrogens with two attached hydrogens (primary N) is 1. The fourth-order valence-electron chi connectivity index (χ4n) is 1.76. The predicted octanol–water partition coefficient (Wildman–Crippen LogP) is 1.25. The quantitative estimate of drug-likeness (QED) is 0.632. The second-order valence-corrected chi connectivity index (χ2v) is 5.63. The summed E-state index contributed by atoms with van der Waals surface area (Å²) in [5.41, 5.74) is 0.277. The van der Waals surface area contributed by atoms with Gasteiger partial charge in [-0.05, 0) is 11.6 Å². The summed E-state index contributed by atoms with van der Waals surface area (Å²) < 4.78 is 22.7. The van der Waals surface area contributed by atoms with Gasteiger partial charge in [-0.25, -0.2) is 18.5 Å². The highest BCUT2D eigenvalue weighted by molar-refractivity contribution is 7.89. The zero-order valence-electron chi connectivity index (χ0n) is 10.8. The molecule has 0 spiro atoms. The molecule has 0 radical (unpaired) electrons. The van der Waals surface area contributed by atoms with Crippen molar-refractivity contribution in [1.29, 1.82) is 0 Å². The number of nitrogens with zero attached hydrogens (tertiary/aromatic N) is 2. The van der Waals surface area contributed by atoms with Gasteiger partial charge in [-0.3, -0.25) is 10.1 Å². The molecule has 2 rings (SSSR count). The highest BCUT2D eigenvalue weighted by Gasteiger charge is 2.28. The lowest BCUT2D eigenvalue weighted by molar-refractivity contribution is -0.387. The summed E-state index contributed by atoms with van der Waals surface area (Å²) in [5, 5.41) is 18.1. The summed E-state index contributed by atoms with van der Waals surface area (Å²) >= 11 is 0. The lowest BCUT2D eigenvalue weighted by Gasteiger charge is -2.08. The van der Waals surface area contributed by atoms with Crippen LogP contribution in [0.4, 0.5) is 11.4 Å². The molecule has 8 nitrogen and oxygen atoms in total. The number of pyridine rings is 1. The molecule has 1 aromatic carbocycles. The lowest BCUT2D eigenvalue weighted by atomic mass is 10.2. The largest absolute Gasteiger partial charge is 0.375 e. The number of benzene rings is 1. The van der Waals surface area contributed by atoms with Gasteiger partial charge >= 0.3 is 5.69 Å². The van der Waals surface area contributed by atoms with Gasteiger partial charge in [-0.2, -0.15) is 0 Å². The van der Waals surface area contributed by atoms with E-state index in [2.05, 4.69) is 10.3 Å². The van der Waals surface area contributed by atoms with E-state index in [-0.39, 0.29) is 5.69 Å². The molecule has 2 aromatic rings. The van der Waals surface area contributed by atoms with E-state index in [1.807, 2.05) is 30.3 Å². The Morgan fingerprint density at radius 2 is 1.90 bits per heavy atom. The SMILES string of the molecule is NS(=O)(=O)c1nccc(NCc2ccccc2)c1[N+](=O)[O-]. The molecule has 0 atom stereocenters. The molecule has 110 valence electrons. The molecule has 0 aliphatic carbocycles. The maximum Gasteiger partial charge on any atom is 0.330 e. The van der Waals surface area contributed by atoms with Crippen LogP contribution >= 0.6 is 0 Å². The van der Waals surface area contributed by atoms with E-state index in [1.165, 1.54) is 6.07 Å². The Hall–Kier alpha value is -2.52. The minimum absolute atomic E-state index is 0.0443. The first-order valence-corrected chi connectivity index (χ1v) is 7.38. The number of nitro groups is 1. The van der Waals surface area contributed by atoms with Crippen molar-refractivity contribution in [2.45, 2.75) is 11.6 Å². The van der Waals surface area contributed by atoms with Crippen LogP contribution in [0.1, 0.15) is 5.56 Å². The zero-order chi connectivity index (χ0) is 15.5. The van der Waals surface area contributed by atoms with Crippen LogP contribution in [-0.4, -0.2) is 18.3 Å². The van der Waals surface area contributed by atoms with E-state index < -0.39 is 25.7 Å². The molecule has 0 fully saturated rings. The molecule has 1 aromatic heterocycles. The third-order valence-corrected chi connectivity index (χ3v) is 3.51. The van der Waals surface area contributed by atoms with Crippen LogP contribution in [0.25, 0.3) is 0 Å². The summed E-state index contributed by atoms with van der Waals surface area (Å²) in [7, 11) is -4.28. The van der Waals surface area contributed by atoms with Crippen molar-refractivity contribution in [3.05, 3.63) is 58.3 Å². The van der Waals surface area contributed by atoms with Gasteiger partial charge in [0, 0.05) is 12.7 Å². The van der Waals surface area contributed by atoms with Gasteiger partial charge in [0.2, 0.25) is 0 Å². The van der Waals surface area contributed by atoms with Crippen LogP contribution in [0.5, 0.6) is 0 Å². The Labute approximate surface area is 120 Å². The summed E-state index contributed by atoms with van der Waals surface area (Å²) in [6.45, 7) is 0.301. The maximum atomic E-state index is 11.4. The van der Waals surface area contributed by atoms with E-state index in [4.69, 9.17) is 5.14 Å². The first-order valence-electron chi connectivity index (χ1n) is 5.83. The van der Waals surface area contributed by atoms with Gasteiger partial charge in [0.25, 0.3) is 15.0 Å². The second kappa shape index (κ2) is 5.85. The van der Waals surface area contributed by atoms with E-state index in [0.29, 0.717) is 6.54 Å². The van der Waals surface area contributed by atoms with Gasteiger partial charge in [-0.1, -0.05) is 30.3 Å². The maximum absolute atomic E-state index is 11.4. The number of hydrogen-bond acceptors (Lipinski definition) is 6. The molecule has 0 unspecified atom stereocenters. The minimum atomic E-state index is -4.28. The van der Waals surface area contributed by atoms with Crippen molar-refractivity contribution >= 4 is 21.4 Å². The number of anilines is 1. The van der Waals surface area contributed by atoms with Crippen molar-refractivity contribution in [2.24, 2.45) is 5.14 Å². The molecule has 0 saturated carbocycles. The smallest absolute Gasteiger partial charge is 0.330 e. The highest BCUT2D eigenvalue weighted by Crippen LogP contribution is 2.29. The van der Waals surface area contributed by atoms with Gasteiger partial charge in [-0.15, -0.1) is 0 Å². The van der Waals surface area contributed by atoms with Gasteiger partial charge in [0.1, 0.15) is 5.69 Å². The molecule has 0 aliphatic heterocycles. The van der Waals surface area contributed by atoms with E-state index >= 15 is 0 Å². The summed E-state index contributed by atoms with van der Waals surface area (Å²) in [6, 6.07) is 10.5. The number of aromatic nitrogens is 1. The normalized spacial score (nSPS) is 11.1. The molecule has 0 amide bonds. The van der Waals surface area contributed by atoms with Crippen molar-refractivity contribution in [2.75, 3.05) is 5.32 Å². The third kappa shape index (κ3) is 3.52. The summed E-state index contributed by atoms with van der Waals surface area (Å²) in [5.74, 6) is 0. The predicted molar refractivity (Wildman–Crippen MR) is 76.0 cm³/mol. The monoisotopic (exact) mass is 308 g/mol. The Morgan fingerprint density at radius 3 is 2.48 bits per heavy atom. The fraction of sp³-hybridized carbons (Fsp3) is 0.0833. The van der Waals surface area contributed by atoms with Gasteiger partial charge in [0.05, 0.1) is 4.92 Å². The van der Waals surface area contributed by atoms with E-state index in [0.717, 1.165) is 11.8 Å². The third-order valence-electron chi connectivity index (χ3n) is 2.67. The fourth-order valence-corrected chi connectivity index (χ4v) is 2.42. The average Bonchev–Trinajstić information content (AvgIpc) is 2.44. The number of hydrogen-bond donors (Lipinski definition) is 2. The van der Waals surface area contributed by atoms with Gasteiger partial charge < -0.3 is 5.32 Å². The van der Waals surface area contributed by atoms with Crippen LogP contribution in [-0.2, 0) is 16.6 Å². The number of rotatable bonds is 5. The van der Waals surface area contributed by atoms with Crippen LogP contribution in [0.15, 0.2) is 47.6 Å². The molecule has 9 heteroatoms. The zero-order valence-corrected chi connectivity index (χ0v) is 11.6. The highest BCUT2D eigenvalue weighted by atomic mass is 32.2.